The largest absolute Gasteiger partial charge is 0.497 e. The van der Waals surface area contributed by atoms with Gasteiger partial charge in [-0.05, 0) is 14.1 Å². The van der Waals surface area contributed by atoms with Crippen LogP contribution in [0.2, 0.25) is 0 Å². The van der Waals surface area contributed by atoms with Crippen molar-refractivity contribution in [2.24, 2.45) is 7.05 Å². The minimum atomic E-state index is -0.459. The number of nitrogens with zero attached hydrogens (tertiary/aromatic N) is 3. The summed E-state index contributed by atoms with van der Waals surface area (Å²) in [5.41, 5.74) is 1.42. The summed E-state index contributed by atoms with van der Waals surface area (Å²) in [5, 5.41) is 2.91. The molecule has 0 saturated carbocycles. The van der Waals surface area contributed by atoms with E-state index in [1.165, 1.54) is 0 Å². The van der Waals surface area contributed by atoms with Gasteiger partial charge in [-0.2, -0.15) is 0 Å². The van der Waals surface area contributed by atoms with Crippen LogP contribution in [-0.2, 0) is 11.8 Å². The zero-order valence-electron chi connectivity index (χ0n) is 14.0. The smallest absolute Gasteiger partial charge is 0.247 e. The molecule has 0 bridgehead atoms. The van der Waals surface area contributed by atoms with E-state index in [4.69, 9.17) is 9.47 Å². The summed E-state index contributed by atoms with van der Waals surface area (Å²) in [6.45, 7) is 0. The molecule has 0 fully saturated rings. The lowest BCUT2D eigenvalue weighted by Crippen LogP contribution is -2.33. The summed E-state index contributed by atoms with van der Waals surface area (Å²) < 4.78 is 12.3. The van der Waals surface area contributed by atoms with E-state index in [2.05, 4.69) is 10.3 Å². The number of methoxy groups -OCH3 is 2. The molecule has 1 atom stereocenters. The minimum Gasteiger partial charge on any atom is -0.497 e. The molecule has 1 heterocycles. The van der Waals surface area contributed by atoms with E-state index in [0.717, 1.165) is 5.69 Å². The summed E-state index contributed by atoms with van der Waals surface area (Å²) in [7, 11) is 8.70. The van der Waals surface area contributed by atoms with Crippen LogP contribution in [0.4, 0.5) is 5.69 Å². The third kappa shape index (κ3) is 3.81. The van der Waals surface area contributed by atoms with Crippen molar-refractivity contribution in [1.29, 1.82) is 0 Å². The van der Waals surface area contributed by atoms with Crippen LogP contribution >= 0.6 is 0 Å². The van der Waals surface area contributed by atoms with Gasteiger partial charge in [0.15, 0.2) is 0 Å². The molecule has 0 unspecified atom stereocenters. The van der Waals surface area contributed by atoms with Crippen molar-refractivity contribution in [1.82, 2.24) is 14.5 Å². The number of hydrogen-bond acceptors (Lipinski definition) is 5. The lowest BCUT2D eigenvalue weighted by atomic mass is 10.1. The molecule has 1 aromatic heterocycles. The molecule has 124 valence electrons. The van der Waals surface area contributed by atoms with E-state index >= 15 is 0 Å². The number of amides is 1. The highest BCUT2D eigenvalue weighted by Crippen LogP contribution is 2.27. The van der Waals surface area contributed by atoms with Crippen LogP contribution in [0.25, 0.3) is 0 Å². The maximum Gasteiger partial charge on any atom is 0.247 e. The first kappa shape index (κ1) is 16.8. The third-order valence-corrected chi connectivity index (χ3v) is 3.52. The second kappa shape index (κ2) is 7.15. The Morgan fingerprint density at radius 2 is 1.83 bits per heavy atom. The lowest BCUT2D eigenvalue weighted by molar-refractivity contribution is -0.120. The molecule has 23 heavy (non-hydrogen) atoms. The molecule has 0 radical (unpaired) electrons. The van der Waals surface area contributed by atoms with Gasteiger partial charge in [0.05, 0.1) is 32.4 Å². The average Bonchev–Trinajstić information content (AvgIpc) is 2.92. The Labute approximate surface area is 135 Å². The summed E-state index contributed by atoms with van der Waals surface area (Å²) in [6.07, 6.45) is 3.37. The van der Waals surface area contributed by atoms with E-state index in [0.29, 0.717) is 17.2 Å². The van der Waals surface area contributed by atoms with E-state index in [9.17, 15) is 4.79 Å². The maximum atomic E-state index is 12.7. The van der Waals surface area contributed by atoms with Crippen molar-refractivity contribution in [3.63, 3.8) is 0 Å². The Bertz CT molecular complexity index is 659. The van der Waals surface area contributed by atoms with Gasteiger partial charge in [0, 0.05) is 30.9 Å². The minimum absolute atomic E-state index is 0.158. The fourth-order valence-electron chi connectivity index (χ4n) is 2.35. The van der Waals surface area contributed by atoms with Crippen LogP contribution in [0.15, 0.2) is 30.7 Å². The van der Waals surface area contributed by atoms with E-state index in [1.807, 2.05) is 30.6 Å². The van der Waals surface area contributed by atoms with Crippen molar-refractivity contribution in [2.45, 2.75) is 6.04 Å². The maximum absolute atomic E-state index is 12.7. The van der Waals surface area contributed by atoms with Gasteiger partial charge in [-0.15, -0.1) is 0 Å². The number of carbonyl (C=O) groups is 1. The number of aromatic nitrogens is 2. The summed E-state index contributed by atoms with van der Waals surface area (Å²) in [6, 6.07) is 4.78. The van der Waals surface area contributed by atoms with Gasteiger partial charge in [-0.3, -0.25) is 9.69 Å². The Morgan fingerprint density at radius 3 is 2.26 bits per heavy atom. The monoisotopic (exact) mass is 318 g/mol. The Morgan fingerprint density at radius 1 is 1.22 bits per heavy atom. The van der Waals surface area contributed by atoms with E-state index in [1.54, 1.807) is 44.9 Å². The molecular formula is C16H22N4O3. The van der Waals surface area contributed by atoms with Gasteiger partial charge in [-0.1, -0.05) is 0 Å². The first-order chi connectivity index (χ1) is 11.0. The number of ether oxygens (including phenoxy) is 2. The Balaban J connectivity index is 2.27. The summed E-state index contributed by atoms with van der Waals surface area (Å²) >= 11 is 0. The van der Waals surface area contributed by atoms with Crippen LogP contribution < -0.4 is 14.8 Å². The summed E-state index contributed by atoms with van der Waals surface area (Å²) in [5.74, 6) is 1.07. The molecule has 0 aliphatic heterocycles. The Hall–Kier alpha value is -2.54. The molecule has 2 aromatic rings. The highest BCUT2D eigenvalue weighted by molar-refractivity contribution is 5.95. The first-order valence-electron chi connectivity index (χ1n) is 7.12. The molecule has 1 N–H and O–H groups in total. The van der Waals surface area contributed by atoms with Gasteiger partial charge in [-0.25, -0.2) is 4.98 Å². The number of carbonyl (C=O) groups excluding carboxylic acids is 1. The van der Waals surface area contributed by atoms with Gasteiger partial charge in [0.1, 0.15) is 17.5 Å². The number of aryl methyl sites for hydroxylation is 1. The van der Waals surface area contributed by atoms with Crippen LogP contribution in [0.1, 0.15) is 11.7 Å². The topological polar surface area (TPSA) is 68.6 Å². The van der Waals surface area contributed by atoms with Crippen molar-refractivity contribution in [3.05, 3.63) is 36.4 Å². The molecule has 0 saturated heterocycles. The first-order valence-corrected chi connectivity index (χ1v) is 7.12. The average molecular weight is 318 g/mol. The number of anilines is 1. The third-order valence-electron chi connectivity index (χ3n) is 3.52. The number of benzene rings is 1. The molecule has 1 amide bonds. The molecule has 7 heteroatoms. The number of hydrogen-bond donors (Lipinski definition) is 1. The van der Waals surface area contributed by atoms with Crippen LogP contribution in [0.5, 0.6) is 11.5 Å². The molecular weight excluding hydrogens is 296 g/mol. The predicted molar refractivity (Wildman–Crippen MR) is 87.8 cm³/mol. The fraction of sp³-hybridized carbons (Fsp3) is 0.375. The number of nitrogens with one attached hydrogen (secondary N) is 1. The number of imidazole rings is 1. The predicted octanol–water partition coefficient (Wildman–Crippen LogP) is 1.68. The Kier molecular flexibility index (Phi) is 5.23. The quantitative estimate of drug-likeness (QED) is 0.877. The van der Waals surface area contributed by atoms with Crippen molar-refractivity contribution in [2.75, 3.05) is 33.6 Å². The lowest BCUT2D eigenvalue weighted by Gasteiger charge is -2.23. The van der Waals surface area contributed by atoms with Gasteiger partial charge in [0.25, 0.3) is 0 Å². The normalized spacial score (nSPS) is 12.1. The number of rotatable bonds is 6. The van der Waals surface area contributed by atoms with Crippen molar-refractivity contribution in [3.8, 4) is 11.5 Å². The summed E-state index contributed by atoms with van der Waals surface area (Å²) in [4.78, 5) is 18.7. The van der Waals surface area contributed by atoms with Gasteiger partial charge >= 0.3 is 0 Å². The van der Waals surface area contributed by atoms with E-state index < -0.39 is 6.04 Å². The number of likely N-dealkylation sites (N-methyl/N-ethyl adjacent to an activating group) is 1. The van der Waals surface area contributed by atoms with Gasteiger partial charge < -0.3 is 19.4 Å². The highest BCUT2D eigenvalue weighted by atomic mass is 16.5. The standard InChI is InChI=1S/C16H22N4O3/c1-19(2)15(14-9-17-10-20(14)3)16(21)18-11-6-12(22-4)8-13(7-11)23-5/h6-10,15H,1-5H3,(H,18,21)/t15-/m1/s1. The molecule has 1 aromatic carbocycles. The molecule has 0 aliphatic carbocycles. The van der Waals surface area contributed by atoms with Crippen LogP contribution in [0.3, 0.4) is 0 Å². The van der Waals surface area contributed by atoms with Crippen LogP contribution in [0, 0.1) is 0 Å². The zero-order valence-corrected chi connectivity index (χ0v) is 14.0. The van der Waals surface area contributed by atoms with E-state index in [-0.39, 0.29) is 5.91 Å². The van der Waals surface area contributed by atoms with Crippen LogP contribution in [-0.4, -0.2) is 48.7 Å². The fourth-order valence-corrected chi connectivity index (χ4v) is 2.35. The SMILES string of the molecule is COc1cc(NC(=O)[C@@H](c2cncn2C)N(C)C)cc(OC)c1. The second-order valence-electron chi connectivity index (χ2n) is 5.39. The van der Waals surface area contributed by atoms with Gasteiger partial charge in [0.2, 0.25) is 5.91 Å². The zero-order chi connectivity index (χ0) is 17.0. The van der Waals surface area contributed by atoms with Crippen molar-refractivity contribution >= 4 is 11.6 Å². The molecule has 0 aliphatic rings. The molecule has 7 nitrogen and oxygen atoms in total. The second-order valence-corrected chi connectivity index (χ2v) is 5.39. The van der Waals surface area contributed by atoms with Crippen molar-refractivity contribution < 1.29 is 14.3 Å². The molecule has 0 spiro atoms. The highest BCUT2D eigenvalue weighted by Gasteiger charge is 2.25. The molecule has 2 rings (SSSR count).